The molecule has 3 fully saturated rings. The molecule has 0 bridgehead atoms. The number of hydrogen-bond donors (Lipinski definition) is 11. The first-order valence-electron chi connectivity index (χ1n) is 21.2. The molecule has 340 valence electrons. The lowest BCUT2D eigenvalue weighted by atomic mass is 9.88. The summed E-state index contributed by atoms with van der Waals surface area (Å²) in [6.45, 7) is 38.3. The Morgan fingerprint density at radius 3 is 1.41 bits per heavy atom. The van der Waals surface area contributed by atoms with Crippen molar-refractivity contribution < 1.29 is 54.1 Å². The second-order valence-electron chi connectivity index (χ2n) is 19.0. The molecule has 0 spiro atoms. The smallest absolute Gasteiger partial charge is 0.306 e. The van der Waals surface area contributed by atoms with Crippen LogP contribution in [-0.2, 0) is 13.3 Å². The predicted octanol–water partition coefficient (Wildman–Crippen LogP) is 1.95. The van der Waals surface area contributed by atoms with Crippen molar-refractivity contribution in [2.24, 2.45) is 5.92 Å². The minimum absolute atomic E-state index is 0.00454. The van der Waals surface area contributed by atoms with Gasteiger partial charge in [0.15, 0.2) is 31.1 Å². The summed E-state index contributed by atoms with van der Waals surface area (Å²) < 4.78 is 19.3. The van der Waals surface area contributed by atoms with Crippen LogP contribution in [0.5, 0.6) is 0 Å². The van der Waals surface area contributed by atoms with Gasteiger partial charge in [0.05, 0.1) is 68.3 Å². The van der Waals surface area contributed by atoms with E-state index in [2.05, 4.69) is 98.4 Å². The quantitative estimate of drug-likeness (QED) is 0.0570. The Hall–Kier alpha value is -0.929. The number of hydrogen-bond acceptors (Lipinski definition) is 14. The zero-order chi connectivity index (χ0) is 44.6. The Balaban J connectivity index is 0.000000456. The van der Waals surface area contributed by atoms with Crippen molar-refractivity contribution in [3.05, 3.63) is 22.8 Å². The molecule has 0 amide bonds. The molecule has 3 rings (SSSR count). The molecule has 0 aliphatic carbocycles. The van der Waals surface area contributed by atoms with Crippen LogP contribution in [0.4, 0.5) is 0 Å². The standard InChI is InChI=1S/C17H38N2O3Si3.C15H31NO4.C7H12N2O4/c1-13-15(21-24(6,7)8)16(22-25(9,10)11)14(19-17(13)18-2)12-20-23(3,4)5;1-2-3-4-5-6-7-8-9-11-13(18)15(20)14(19)12(10-17)16-11;1-8-7-6(13)5(12)4(11)3(2-10)9-7/h13-17,19H,12H2,1,3-11H3;11-20H,2-10H2,1H3;3-7,9-13H,2H2/t13-,14-,15-,16-,17+;11-,12-,13+,14-,15-;3-,4-,5+,6-,7+/m111/s1. The van der Waals surface area contributed by atoms with E-state index in [9.17, 15) is 30.6 Å². The lowest BCUT2D eigenvalue weighted by Crippen LogP contribution is -2.66. The van der Waals surface area contributed by atoms with Gasteiger partial charge in [-0.05, 0) is 65.3 Å². The maximum absolute atomic E-state index is 9.94. The Morgan fingerprint density at radius 2 is 0.948 bits per heavy atom. The summed E-state index contributed by atoms with van der Waals surface area (Å²) in [4.78, 5) is 6.84. The minimum atomic E-state index is -1.77. The second-order valence-corrected chi connectivity index (χ2v) is 32.4. The highest BCUT2D eigenvalue weighted by molar-refractivity contribution is 6.70. The zero-order valence-electron chi connectivity index (χ0n) is 37.1. The Morgan fingerprint density at radius 1 is 0.517 bits per heavy atom. The summed E-state index contributed by atoms with van der Waals surface area (Å²) >= 11 is 0. The summed E-state index contributed by atoms with van der Waals surface area (Å²) in [6.07, 6.45) is 0.595. The summed E-state index contributed by atoms with van der Waals surface area (Å²) in [5.74, 6) is 0.0914. The lowest BCUT2D eigenvalue weighted by molar-refractivity contribution is -0.120. The van der Waals surface area contributed by atoms with E-state index < -0.39 is 86.4 Å². The van der Waals surface area contributed by atoms with Crippen LogP contribution in [0.25, 0.3) is 9.69 Å². The molecule has 3 heterocycles. The average molecular weight is 880 g/mol. The van der Waals surface area contributed by atoms with Gasteiger partial charge in [-0.15, -0.1) is 0 Å². The third kappa shape index (κ3) is 19.0. The molecular formula is C39H81N5O11Si3. The fourth-order valence-corrected chi connectivity index (χ4v) is 10.1. The number of piperidine rings is 3. The first-order chi connectivity index (χ1) is 26.9. The van der Waals surface area contributed by atoms with E-state index in [0.717, 1.165) is 19.3 Å². The van der Waals surface area contributed by atoms with E-state index in [1.807, 2.05) is 0 Å². The van der Waals surface area contributed by atoms with Crippen LogP contribution in [0.15, 0.2) is 0 Å². The molecule has 58 heavy (non-hydrogen) atoms. The first-order valence-corrected chi connectivity index (χ1v) is 31.4. The van der Waals surface area contributed by atoms with Gasteiger partial charge in [0.2, 0.25) is 0 Å². The molecule has 0 radical (unpaired) electrons. The molecule has 16 nitrogen and oxygen atoms in total. The van der Waals surface area contributed by atoms with E-state index in [-0.39, 0.29) is 43.0 Å². The highest BCUT2D eigenvalue weighted by atomic mass is 28.4. The van der Waals surface area contributed by atoms with Crippen LogP contribution in [0, 0.1) is 19.1 Å². The number of nitrogens with one attached hydrogen (secondary N) is 3. The van der Waals surface area contributed by atoms with Crippen LogP contribution in [0.2, 0.25) is 58.9 Å². The summed E-state index contributed by atoms with van der Waals surface area (Å²) in [5, 5.41) is 84.1. The fraction of sp³-hybridized carbons (Fsp3) is 0.949. The average Bonchev–Trinajstić information content (AvgIpc) is 3.14. The molecule has 3 aliphatic rings. The SMILES string of the molecule is CCCCCCCCC[C@H]1N[C@H](CO)[C@@H](O)[C@H](O)[C@H]1O.[C-]#[N+][C@H]1N[C@H](CO)[C@@H](O)[C@H](O)[C@H]1O.[C-]#[N+][C@H]1N[C@H](CO[Si](C)(C)C)[C@@H](O[Si](C)(C)C)[C@H](O[Si](C)(C)C)[C@H]1C. The molecule has 0 aromatic rings. The van der Waals surface area contributed by atoms with Crippen molar-refractivity contribution in [2.75, 3.05) is 19.8 Å². The normalized spacial score (nSPS) is 35.7. The van der Waals surface area contributed by atoms with Gasteiger partial charge in [0.1, 0.15) is 18.3 Å². The topological polar surface area (TPSA) is 234 Å². The maximum atomic E-state index is 9.94. The van der Waals surface area contributed by atoms with Crippen molar-refractivity contribution in [2.45, 2.75) is 209 Å². The van der Waals surface area contributed by atoms with Crippen LogP contribution in [-0.4, -0.2) is 171 Å². The van der Waals surface area contributed by atoms with Crippen LogP contribution < -0.4 is 16.0 Å². The van der Waals surface area contributed by atoms with Gasteiger partial charge in [-0.2, -0.15) is 0 Å². The highest BCUT2D eigenvalue weighted by Crippen LogP contribution is 2.32. The second kappa shape index (κ2) is 25.9. The zero-order valence-corrected chi connectivity index (χ0v) is 40.1. The van der Waals surface area contributed by atoms with Crippen molar-refractivity contribution >= 4 is 25.0 Å². The van der Waals surface area contributed by atoms with E-state index in [4.69, 9.17) is 36.6 Å². The number of nitrogens with zero attached hydrogens (tertiary/aromatic N) is 2. The van der Waals surface area contributed by atoms with Crippen LogP contribution >= 0.6 is 0 Å². The molecule has 3 saturated heterocycles. The first kappa shape index (κ1) is 55.1. The predicted molar refractivity (Wildman–Crippen MR) is 233 cm³/mol. The van der Waals surface area contributed by atoms with Crippen molar-refractivity contribution in [1.29, 1.82) is 0 Å². The summed E-state index contributed by atoms with van der Waals surface area (Å²) in [7, 11) is -5.17. The Labute approximate surface area is 352 Å². The van der Waals surface area contributed by atoms with E-state index in [0.29, 0.717) is 6.61 Å². The lowest BCUT2D eigenvalue weighted by Gasteiger charge is -2.47. The van der Waals surface area contributed by atoms with Crippen molar-refractivity contribution in [3.63, 3.8) is 0 Å². The summed E-state index contributed by atoms with van der Waals surface area (Å²) in [5.41, 5.74) is 0. The fourth-order valence-electron chi connectivity index (χ4n) is 7.16. The number of rotatable bonds is 17. The van der Waals surface area contributed by atoms with E-state index in [1.54, 1.807) is 0 Å². The molecular weight excluding hydrogens is 799 g/mol. The van der Waals surface area contributed by atoms with Crippen molar-refractivity contribution in [3.8, 4) is 0 Å². The molecule has 0 unspecified atom stereocenters. The molecule has 3 aliphatic heterocycles. The van der Waals surface area contributed by atoms with E-state index >= 15 is 0 Å². The highest BCUT2D eigenvalue weighted by Gasteiger charge is 2.50. The number of aliphatic hydroxyl groups is 8. The minimum Gasteiger partial charge on any atom is -0.416 e. The van der Waals surface area contributed by atoms with Gasteiger partial charge in [0.25, 0.3) is 6.17 Å². The molecule has 0 aromatic heterocycles. The van der Waals surface area contributed by atoms with Crippen LogP contribution in [0.3, 0.4) is 0 Å². The van der Waals surface area contributed by atoms with Gasteiger partial charge >= 0.3 is 6.17 Å². The van der Waals surface area contributed by atoms with E-state index in [1.165, 1.54) is 32.1 Å². The monoisotopic (exact) mass is 880 g/mol. The Bertz CT molecular complexity index is 1230. The number of unbranched alkanes of at least 4 members (excludes halogenated alkanes) is 6. The summed E-state index contributed by atoms with van der Waals surface area (Å²) in [6, 6.07) is -1.57. The molecule has 15 atom stereocenters. The van der Waals surface area contributed by atoms with Gasteiger partial charge < -0.3 is 59.4 Å². The maximum Gasteiger partial charge on any atom is 0.306 e. The van der Waals surface area contributed by atoms with Crippen LogP contribution in [0.1, 0.15) is 65.2 Å². The van der Waals surface area contributed by atoms with Gasteiger partial charge in [-0.3, -0.25) is 9.69 Å². The third-order valence-corrected chi connectivity index (χ3v) is 13.4. The van der Waals surface area contributed by atoms with Crippen molar-refractivity contribution in [1.82, 2.24) is 16.0 Å². The largest absolute Gasteiger partial charge is 0.416 e. The van der Waals surface area contributed by atoms with Gasteiger partial charge in [-0.1, -0.05) is 58.8 Å². The molecule has 0 saturated carbocycles. The number of aliphatic hydroxyl groups excluding tert-OH is 8. The third-order valence-electron chi connectivity index (χ3n) is 10.4. The van der Waals surface area contributed by atoms with Gasteiger partial charge in [0, 0.05) is 6.04 Å². The molecule has 0 aromatic carbocycles. The molecule has 11 N–H and O–H groups in total. The van der Waals surface area contributed by atoms with Gasteiger partial charge in [-0.25, -0.2) is 23.8 Å². The molecule has 19 heteroatoms. The Kier molecular flexibility index (Phi) is 24.6.